The van der Waals surface area contributed by atoms with Crippen LogP contribution < -0.4 is 5.73 Å². The highest BCUT2D eigenvalue weighted by Gasteiger charge is 2.61. The lowest BCUT2D eigenvalue weighted by Crippen LogP contribution is -2.64. The fraction of sp³-hybridized carbons (Fsp3) is 0.941. The number of rotatable bonds is 2. The lowest BCUT2D eigenvalue weighted by atomic mass is 9.46. The summed E-state index contributed by atoms with van der Waals surface area (Å²) in [5.74, 6) is 2.15. The zero-order valence-corrected chi connectivity index (χ0v) is 12.6. The number of likely N-dealkylation sites (tertiary alicyclic amines) is 1. The number of hydrogen-bond acceptors (Lipinski definition) is 3. The van der Waals surface area contributed by atoms with Crippen molar-refractivity contribution in [2.24, 2.45) is 28.9 Å². The average Bonchev–Trinajstić information content (AvgIpc) is 3.05. The van der Waals surface area contributed by atoms with E-state index in [2.05, 4.69) is 4.90 Å². The minimum absolute atomic E-state index is 0.108. The molecule has 4 bridgehead atoms. The number of nitrogens with zero attached hydrogens (tertiary/aromatic N) is 1. The largest absolute Gasteiger partial charge is 0.390 e. The molecule has 6 rings (SSSR count). The molecule has 21 heavy (non-hydrogen) atoms. The van der Waals surface area contributed by atoms with Crippen molar-refractivity contribution in [2.45, 2.75) is 69.1 Å². The van der Waals surface area contributed by atoms with Crippen molar-refractivity contribution in [3.8, 4) is 0 Å². The maximum Gasteiger partial charge on any atom is 0.240 e. The third-order valence-electron chi connectivity index (χ3n) is 7.31. The summed E-state index contributed by atoms with van der Waals surface area (Å²) in [6.45, 7) is 0.912. The maximum atomic E-state index is 12.9. The van der Waals surface area contributed by atoms with Gasteiger partial charge in [-0.15, -0.1) is 0 Å². The number of amides is 1. The third kappa shape index (κ3) is 1.72. The molecule has 1 heterocycles. The van der Waals surface area contributed by atoms with Crippen molar-refractivity contribution in [3.63, 3.8) is 0 Å². The zero-order chi connectivity index (χ0) is 14.4. The Balaban J connectivity index is 1.42. The van der Waals surface area contributed by atoms with Crippen LogP contribution in [0, 0.1) is 23.2 Å². The number of hydrogen-bond donors (Lipinski definition) is 2. The second-order valence-corrected chi connectivity index (χ2v) is 8.91. The summed E-state index contributed by atoms with van der Waals surface area (Å²) in [7, 11) is 0. The van der Waals surface area contributed by atoms with E-state index in [9.17, 15) is 9.90 Å². The highest BCUT2D eigenvalue weighted by atomic mass is 16.3. The van der Waals surface area contributed by atoms with Crippen molar-refractivity contribution < 1.29 is 9.90 Å². The Morgan fingerprint density at radius 2 is 1.90 bits per heavy atom. The van der Waals surface area contributed by atoms with Gasteiger partial charge in [-0.3, -0.25) is 4.79 Å². The highest BCUT2D eigenvalue weighted by Crippen LogP contribution is 2.62. The summed E-state index contributed by atoms with van der Waals surface area (Å²) in [5.41, 5.74) is 5.91. The van der Waals surface area contributed by atoms with Gasteiger partial charge in [0.2, 0.25) is 5.91 Å². The van der Waals surface area contributed by atoms with E-state index >= 15 is 0 Å². The maximum absolute atomic E-state index is 12.9. The molecule has 0 aromatic carbocycles. The highest BCUT2D eigenvalue weighted by molar-refractivity contribution is 5.83. The quantitative estimate of drug-likeness (QED) is 0.805. The minimum Gasteiger partial charge on any atom is -0.390 e. The Kier molecular flexibility index (Phi) is 2.35. The third-order valence-corrected chi connectivity index (χ3v) is 7.31. The van der Waals surface area contributed by atoms with E-state index in [1.54, 1.807) is 0 Å². The molecular weight excluding hydrogens is 264 g/mol. The van der Waals surface area contributed by atoms with Gasteiger partial charge in [0.25, 0.3) is 0 Å². The summed E-state index contributed by atoms with van der Waals surface area (Å²) in [6.07, 6.45) is 8.41. The smallest absolute Gasteiger partial charge is 0.240 e. The summed E-state index contributed by atoms with van der Waals surface area (Å²) in [4.78, 5) is 15.0. The first-order valence-electron chi connectivity index (χ1n) is 8.77. The summed E-state index contributed by atoms with van der Waals surface area (Å²) < 4.78 is 0. The van der Waals surface area contributed by atoms with Crippen molar-refractivity contribution in [1.29, 1.82) is 0 Å². The van der Waals surface area contributed by atoms with Crippen molar-refractivity contribution >= 4 is 5.91 Å². The average molecular weight is 290 g/mol. The molecule has 0 aromatic heterocycles. The lowest BCUT2D eigenvalue weighted by molar-refractivity contribution is -0.177. The van der Waals surface area contributed by atoms with Crippen molar-refractivity contribution in [2.75, 3.05) is 6.54 Å². The van der Waals surface area contributed by atoms with Gasteiger partial charge in [0, 0.05) is 12.6 Å². The molecular formula is C17H26N2O2. The molecule has 1 aliphatic heterocycles. The zero-order valence-electron chi connectivity index (χ0n) is 12.6. The van der Waals surface area contributed by atoms with Crippen molar-refractivity contribution in [3.05, 3.63) is 0 Å². The van der Waals surface area contributed by atoms with Gasteiger partial charge < -0.3 is 15.7 Å². The van der Waals surface area contributed by atoms with Gasteiger partial charge in [0.1, 0.15) is 0 Å². The molecule has 3 N–H and O–H groups in total. The topological polar surface area (TPSA) is 66.6 Å². The lowest BCUT2D eigenvalue weighted by Gasteiger charge is -2.61. The first-order valence-corrected chi connectivity index (χ1v) is 8.77. The standard InChI is InChI=1S/C17H26N2O2/c18-14(15(20)19-2-1-12-4-13(12)19)16-5-10-3-11(6-16)8-17(21,7-10)9-16/h10-14,21H,1-9,18H2/t10?,11?,12-,13+,14-,16?,17?/m1/s1. The van der Waals surface area contributed by atoms with Gasteiger partial charge >= 0.3 is 0 Å². The number of carbonyl (C=O) groups excluding carboxylic acids is 1. The van der Waals surface area contributed by atoms with Crippen LogP contribution in [-0.2, 0) is 4.79 Å². The predicted molar refractivity (Wildman–Crippen MR) is 78.3 cm³/mol. The van der Waals surface area contributed by atoms with Crippen LogP contribution in [0.1, 0.15) is 51.4 Å². The van der Waals surface area contributed by atoms with Crippen LogP contribution in [0.3, 0.4) is 0 Å². The fourth-order valence-electron chi connectivity index (χ4n) is 6.76. The van der Waals surface area contributed by atoms with Crippen LogP contribution in [0.2, 0.25) is 0 Å². The molecule has 116 valence electrons. The molecule has 4 nitrogen and oxygen atoms in total. The number of carbonyl (C=O) groups is 1. The molecule has 2 unspecified atom stereocenters. The number of fused-ring (bicyclic) bond motifs is 1. The van der Waals surface area contributed by atoms with Crippen LogP contribution in [0.5, 0.6) is 0 Å². The molecule has 6 aliphatic rings. The molecule has 1 amide bonds. The molecule has 0 spiro atoms. The van der Waals surface area contributed by atoms with Crippen molar-refractivity contribution in [1.82, 2.24) is 4.90 Å². The van der Waals surface area contributed by atoms with E-state index in [1.165, 1.54) is 19.3 Å². The molecule has 5 saturated carbocycles. The molecule has 4 heteroatoms. The summed E-state index contributed by atoms with van der Waals surface area (Å²) >= 11 is 0. The Morgan fingerprint density at radius 1 is 1.19 bits per heavy atom. The monoisotopic (exact) mass is 290 g/mol. The molecule has 0 radical (unpaired) electrons. The van der Waals surface area contributed by atoms with Gasteiger partial charge in [0.05, 0.1) is 11.6 Å². The van der Waals surface area contributed by atoms with Crippen LogP contribution in [0.25, 0.3) is 0 Å². The minimum atomic E-state index is -0.519. The first kappa shape index (κ1) is 12.9. The Labute approximate surface area is 126 Å². The van der Waals surface area contributed by atoms with E-state index < -0.39 is 5.60 Å². The van der Waals surface area contributed by atoms with Gasteiger partial charge in [-0.1, -0.05) is 0 Å². The van der Waals surface area contributed by atoms with Gasteiger partial charge in [-0.05, 0) is 74.5 Å². The number of nitrogens with two attached hydrogens (primary N) is 1. The molecule has 1 saturated heterocycles. The Bertz CT molecular complexity index is 491. The predicted octanol–water partition coefficient (Wildman–Crippen LogP) is 1.27. The summed E-state index contributed by atoms with van der Waals surface area (Å²) in [5, 5.41) is 10.8. The van der Waals surface area contributed by atoms with Gasteiger partial charge in [-0.25, -0.2) is 0 Å². The van der Waals surface area contributed by atoms with Crippen LogP contribution >= 0.6 is 0 Å². The van der Waals surface area contributed by atoms with E-state index in [0.29, 0.717) is 17.9 Å². The van der Waals surface area contributed by atoms with E-state index in [-0.39, 0.29) is 17.4 Å². The normalized spacial score (nSPS) is 54.7. The van der Waals surface area contributed by atoms with Gasteiger partial charge in [-0.2, -0.15) is 0 Å². The molecule has 5 aliphatic carbocycles. The fourth-order valence-corrected chi connectivity index (χ4v) is 6.76. The first-order chi connectivity index (χ1) is 9.98. The van der Waals surface area contributed by atoms with Crippen LogP contribution in [0.15, 0.2) is 0 Å². The number of aliphatic hydroxyl groups is 1. The second-order valence-electron chi connectivity index (χ2n) is 8.91. The molecule has 5 atom stereocenters. The summed E-state index contributed by atoms with van der Waals surface area (Å²) in [6, 6.07) is 0.120. The SMILES string of the molecule is N[C@H](C(=O)N1CC[C@@H]2C[C@@H]21)C12CC3CC(CC(O)(C3)C1)C2. The Hall–Kier alpha value is -0.610. The van der Waals surface area contributed by atoms with Gasteiger partial charge in [0.15, 0.2) is 0 Å². The number of piperidine rings is 1. The van der Waals surface area contributed by atoms with E-state index in [4.69, 9.17) is 5.73 Å². The van der Waals surface area contributed by atoms with Crippen LogP contribution in [0.4, 0.5) is 0 Å². The van der Waals surface area contributed by atoms with E-state index in [1.807, 2.05) is 0 Å². The van der Waals surface area contributed by atoms with E-state index in [0.717, 1.165) is 44.6 Å². The molecule has 6 fully saturated rings. The second kappa shape index (κ2) is 3.83. The van der Waals surface area contributed by atoms with Crippen LogP contribution in [-0.4, -0.2) is 40.1 Å². The Morgan fingerprint density at radius 3 is 2.43 bits per heavy atom. The molecule has 0 aromatic rings.